The molecule has 0 bridgehead atoms. The highest BCUT2D eigenvalue weighted by Gasteiger charge is 2.45. The smallest absolute Gasteiger partial charge is 0.410 e. The van der Waals surface area contributed by atoms with Crippen molar-refractivity contribution in [2.45, 2.75) is 74.0 Å². The highest BCUT2D eigenvalue weighted by Crippen LogP contribution is 2.50. The average molecular weight is 466 g/mol. The van der Waals surface area contributed by atoms with Crippen LogP contribution in [0.3, 0.4) is 0 Å². The third-order valence-corrected chi connectivity index (χ3v) is 9.89. The lowest BCUT2D eigenvalue weighted by Crippen LogP contribution is -2.40. The van der Waals surface area contributed by atoms with Gasteiger partial charge >= 0.3 is 6.09 Å². The van der Waals surface area contributed by atoms with Crippen LogP contribution in [0.15, 0.2) is 23.1 Å². The summed E-state index contributed by atoms with van der Waals surface area (Å²) in [6.45, 7) is 4.04. The number of carbonyl (C=O) groups is 1. The molecule has 176 valence electrons. The second-order valence-electron chi connectivity index (χ2n) is 10.3. The van der Waals surface area contributed by atoms with E-state index in [1.54, 1.807) is 6.07 Å². The van der Waals surface area contributed by atoms with Crippen molar-refractivity contribution < 1.29 is 27.1 Å². The van der Waals surface area contributed by atoms with Gasteiger partial charge in [0.15, 0.2) is 9.84 Å². The predicted octanol–water partition coefficient (Wildman–Crippen LogP) is 4.57. The van der Waals surface area contributed by atoms with Gasteiger partial charge in [-0.05, 0) is 88.2 Å². The van der Waals surface area contributed by atoms with E-state index >= 15 is 0 Å². The molecule has 1 aromatic carbocycles. The number of carbonyl (C=O) groups excluding carboxylic acids is 1. The van der Waals surface area contributed by atoms with E-state index in [1.165, 1.54) is 18.6 Å². The monoisotopic (exact) mass is 465 g/mol. The Kier molecular flexibility index (Phi) is 5.63. The Labute approximate surface area is 189 Å². The molecule has 2 atom stereocenters. The molecule has 0 N–H and O–H groups in total. The Balaban J connectivity index is 1.03. The summed E-state index contributed by atoms with van der Waals surface area (Å²) in [6, 6.07) is 4.08. The summed E-state index contributed by atoms with van der Waals surface area (Å²) in [5.74, 6) is 1.60. The Morgan fingerprint density at radius 3 is 2.53 bits per heavy atom. The van der Waals surface area contributed by atoms with Crippen LogP contribution in [0.1, 0.15) is 58.3 Å². The molecule has 1 aromatic rings. The summed E-state index contributed by atoms with van der Waals surface area (Å²) in [4.78, 5) is 13.9. The van der Waals surface area contributed by atoms with Crippen LogP contribution < -0.4 is 4.74 Å². The zero-order chi connectivity index (χ0) is 22.5. The summed E-state index contributed by atoms with van der Waals surface area (Å²) in [5, 5.41) is -0.422. The van der Waals surface area contributed by atoms with Crippen LogP contribution in [0.25, 0.3) is 0 Å². The fraction of sp³-hybridized carbons (Fsp3) is 0.708. The van der Waals surface area contributed by atoms with E-state index in [2.05, 4.69) is 0 Å². The number of piperidine rings is 1. The average Bonchev–Trinajstić information content (AvgIpc) is 3.61. The second-order valence-corrected chi connectivity index (χ2v) is 12.5. The molecule has 0 unspecified atom stereocenters. The third kappa shape index (κ3) is 4.75. The van der Waals surface area contributed by atoms with Crippen molar-refractivity contribution in [2.75, 3.05) is 19.7 Å². The molecule has 6 nitrogen and oxygen atoms in total. The van der Waals surface area contributed by atoms with Gasteiger partial charge in [-0.15, -0.1) is 0 Å². The van der Waals surface area contributed by atoms with Crippen molar-refractivity contribution in [2.24, 2.45) is 17.8 Å². The SMILES string of the molecule is CC1(OC(=O)N2CCC([C@H]3C[C@H]3CCOc3ccc(S(=O)(=O)C4CC4)c(F)c3)CC2)CC1. The van der Waals surface area contributed by atoms with E-state index in [0.717, 1.165) is 45.2 Å². The maximum Gasteiger partial charge on any atom is 0.410 e. The lowest BCUT2D eigenvalue weighted by Gasteiger charge is -2.32. The Bertz CT molecular complexity index is 980. The minimum atomic E-state index is -3.54. The molecule has 1 aliphatic heterocycles. The van der Waals surface area contributed by atoms with Gasteiger partial charge in [0.1, 0.15) is 22.1 Å². The van der Waals surface area contributed by atoms with Gasteiger partial charge in [0.05, 0.1) is 11.9 Å². The van der Waals surface area contributed by atoms with Crippen LogP contribution in [0, 0.1) is 23.6 Å². The molecule has 4 aliphatic rings. The lowest BCUT2D eigenvalue weighted by molar-refractivity contribution is 0.0473. The molecule has 1 heterocycles. The van der Waals surface area contributed by atoms with E-state index < -0.39 is 20.9 Å². The molecule has 0 radical (unpaired) electrons. The fourth-order valence-electron chi connectivity index (χ4n) is 4.93. The molecule has 3 aliphatic carbocycles. The molecule has 0 aromatic heterocycles. The first-order chi connectivity index (χ1) is 15.2. The number of hydrogen-bond donors (Lipinski definition) is 0. The van der Waals surface area contributed by atoms with E-state index in [9.17, 15) is 17.6 Å². The molecular formula is C24H32FNO5S. The van der Waals surface area contributed by atoms with Crippen molar-refractivity contribution >= 4 is 15.9 Å². The highest BCUT2D eigenvalue weighted by molar-refractivity contribution is 7.92. The fourth-order valence-corrected chi connectivity index (χ4v) is 6.64. The van der Waals surface area contributed by atoms with E-state index in [4.69, 9.17) is 9.47 Å². The van der Waals surface area contributed by atoms with Gasteiger partial charge < -0.3 is 14.4 Å². The first-order valence-corrected chi connectivity index (χ1v) is 13.4. The van der Waals surface area contributed by atoms with E-state index in [1.807, 2.05) is 11.8 Å². The molecule has 8 heteroatoms. The standard InChI is InChI=1S/C24H32FNO5S/c1-24(9-10-24)31-23(27)26-11-6-16(7-12-26)20-14-17(20)8-13-30-18-2-5-22(21(25)15-18)32(28,29)19-3-4-19/h2,5,15-17,19-20H,3-4,6-14H2,1H3/t17-,20-/m1/s1. The van der Waals surface area contributed by atoms with Gasteiger partial charge in [0, 0.05) is 19.2 Å². The number of ether oxygens (including phenoxy) is 2. The maximum absolute atomic E-state index is 14.3. The summed E-state index contributed by atoms with van der Waals surface area (Å²) < 4.78 is 50.1. The quantitative estimate of drug-likeness (QED) is 0.562. The summed E-state index contributed by atoms with van der Waals surface area (Å²) in [7, 11) is -3.54. The Morgan fingerprint density at radius 2 is 1.91 bits per heavy atom. The number of halogens is 1. The topological polar surface area (TPSA) is 72.9 Å². The van der Waals surface area contributed by atoms with Crippen LogP contribution in [0.2, 0.25) is 0 Å². The third-order valence-electron chi connectivity index (χ3n) is 7.60. The minimum Gasteiger partial charge on any atom is -0.493 e. The van der Waals surface area contributed by atoms with Gasteiger partial charge in [-0.2, -0.15) is 0 Å². The second kappa shape index (κ2) is 8.19. The van der Waals surface area contributed by atoms with Crippen molar-refractivity contribution in [3.05, 3.63) is 24.0 Å². The first-order valence-electron chi connectivity index (χ1n) is 11.9. The summed E-state index contributed by atoms with van der Waals surface area (Å²) in [5.41, 5.74) is -0.218. The van der Waals surface area contributed by atoms with Gasteiger partial charge in [0.25, 0.3) is 0 Å². The normalized spacial score (nSPS) is 27.1. The zero-order valence-electron chi connectivity index (χ0n) is 18.6. The molecule has 4 fully saturated rings. The molecule has 1 amide bonds. The van der Waals surface area contributed by atoms with Crippen LogP contribution in [0.5, 0.6) is 5.75 Å². The number of likely N-dealkylation sites (tertiary alicyclic amines) is 1. The molecule has 0 spiro atoms. The lowest BCUT2D eigenvalue weighted by atomic mass is 9.91. The van der Waals surface area contributed by atoms with Crippen molar-refractivity contribution in [1.82, 2.24) is 4.90 Å². The van der Waals surface area contributed by atoms with Gasteiger partial charge in [0.2, 0.25) is 0 Å². The summed E-state index contributed by atoms with van der Waals surface area (Å²) in [6.07, 6.45) is 7.16. The number of benzene rings is 1. The molecule has 32 heavy (non-hydrogen) atoms. The predicted molar refractivity (Wildman–Crippen MR) is 117 cm³/mol. The van der Waals surface area contributed by atoms with Gasteiger partial charge in [-0.25, -0.2) is 17.6 Å². The molecule has 1 saturated heterocycles. The maximum atomic E-state index is 14.3. The van der Waals surface area contributed by atoms with Crippen LogP contribution in [-0.2, 0) is 14.6 Å². The van der Waals surface area contributed by atoms with Crippen molar-refractivity contribution in [3.63, 3.8) is 0 Å². The van der Waals surface area contributed by atoms with Crippen LogP contribution >= 0.6 is 0 Å². The number of nitrogens with zero attached hydrogens (tertiary/aromatic N) is 1. The van der Waals surface area contributed by atoms with Crippen molar-refractivity contribution in [1.29, 1.82) is 0 Å². The largest absolute Gasteiger partial charge is 0.493 e. The summed E-state index contributed by atoms with van der Waals surface area (Å²) >= 11 is 0. The first kappa shape index (κ1) is 22.0. The highest BCUT2D eigenvalue weighted by atomic mass is 32.2. The molecular weight excluding hydrogens is 433 g/mol. The number of sulfone groups is 1. The Morgan fingerprint density at radius 1 is 1.19 bits per heavy atom. The van der Waals surface area contributed by atoms with E-state index in [-0.39, 0.29) is 16.6 Å². The van der Waals surface area contributed by atoms with Crippen molar-refractivity contribution in [3.8, 4) is 5.75 Å². The number of hydrogen-bond acceptors (Lipinski definition) is 5. The molecule has 5 rings (SSSR count). The zero-order valence-corrected chi connectivity index (χ0v) is 19.4. The van der Waals surface area contributed by atoms with Crippen LogP contribution in [-0.4, -0.2) is 50.0 Å². The molecule has 3 saturated carbocycles. The Hall–Kier alpha value is -1.83. The number of amides is 1. The minimum absolute atomic E-state index is 0.160. The van der Waals surface area contributed by atoms with Gasteiger partial charge in [-0.1, -0.05) is 0 Å². The number of rotatable bonds is 8. The van der Waals surface area contributed by atoms with Gasteiger partial charge in [-0.3, -0.25) is 0 Å². The van der Waals surface area contributed by atoms with E-state index in [0.29, 0.717) is 43.0 Å². The van der Waals surface area contributed by atoms with Crippen LogP contribution in [0.4, 0.5) is 9.18 Å².